The summed E-state index contributed by atoms with van der Waals surface area (Å²) >= 11 is 0. The van der Waals surface area contributed by atoms with E-state index in [1.54, 1.807) is 91.0 Å². The van der Waals surface area contributed by atoms with Crippen LogP contribution in [0.3, 0.4) is 0 Å². The van der Waals surface area contributed by atoms with Crippen LogP contribution in [-0.4, -0.2) is 147 Å². The summed E-state index contributed by atoms with van der Waals surface area (Å²) in [7, 11) is 0. The quantitative estimate of drug-likeness (QED) is 0.0578. The normalized spacial score (nSPS) is 18.3. The van der Waals surface area contributed by atoms with Crippen molar-refractivity contribution < 1.29 is 53.4 Å². The predicted molar refractivity (Wildman–Crippen MR) is 265 cm³/mol. The van der Waals surface area contributed by atoms with Crippen molar-refractivity contribution in [3.05, 3.63) is 108 Å². The van der Waals surface area contributed by atoms with Crippen molar-refractivity contribution in [3.8, 4) is 0 Å². The van der Waals surface area contributed by atoms with Crippen molar-refractivity contribution in [2.45, 2.75) is 133 Å². The van der Waals surface area contributed by atoms with Gasteiger partial charge in [-0.1, -0.05) is 105 Å². The molecule has 0 bridgehead atoms. The molecule has 0 aromatic heterocycles. The maximum atomic E-state index is 14.4. The maximum Gasteiger partial charge on any atom is 0.326 e. The van der Waals surface area contributed by atoms with E-state index < -0.39 is 108 Å². The van der Waals surface area contributed by atoms with Crippen LogP contribution in [0.1, 0.15) is 76.5 Å². The van der Waals surface area contributed by atoms with E-state index in [2.05, 4.69) is 31.9 Å². The minimum atomic E-state index is -1.53. The Morgan fingerprint density at radius 1 is 0.542 bits per heavy atom. The van der Waals surface area contributed by atoms with Crippen LogP contribution in [0, 0.1) is 5.92 Å². The van der Waals surface area contributed by atoms with Gasteiger partial charge < -0.3 is 57.6 Å². The highest BCUT2D eigenvalue weighted by Crippen LogP contribution is 2.26. The fourth-order valence-electron chi connectivity index (χ4n) is 8.87. The first-order valence-corrected chi connectivity index (χ1v) is 24.5. The molecule has 2 saturated heterocycles. The third kappa shape index (κ3) is 15.9. The van der Waals surface area contributed by atoms with Gasteiger partial charge in [0.25, 0.3) is 0 Å². The van der Waals surface area contributed by atoms with Crippen molar-refractivity contribution in [1.29, 1.82) is 0 Å². The highest BCUT2D eigenvalue weighted by atomic mass is 16.4. The molecule has 2 heterocycles. The molecule has 20 nitrogen and oxygen atoms in total. The summed E-state index contributed by atoms with van der Waals surface area (Å²) in [4.78, 5) is 125. The number of rotatable bonds is 24. The minimum absolute atomic E-state index is 0.00410. The number of carbonyl (C=O) groups is 9. The molecular weight excluding hydrogens is 927 g/mol. The Labute approximate surface area is 419 Å². The van der Waals surface area contributed by atoms with Gasteiger partial charge in [-0.2, -0.15) is 0 Å². The lowest BCUT2D eigenvalue weighted by molar-refractivity contribution is -0.147. The molecule has 2 aliphatic rings. The number of aliphatic carboxylic acids is 1. The summed E-state index contributed by atoms with van der Waals surface area (Å²) < 4.78 is 0. The molecule has 3 aromatic carbocycles. The van der Waals surface area contributed by atoms with E-state index >= 15 is 0 Å². The largest absolute Gasteiger partial charge is 0.480 e. The van der Waals surface area contributed by atoms with Crippen molar-refractivity contribution in [1.82, 2.24) is 41.7 Å². The highest BCUT2D eigenvalue weighted by molar-refractivity contribution is 5.98. The van der Waals surface area contributed by atoms with E-state index in [1.807, 2.05) is 13.8 Å². The van der Waals surface area contributed by atoms with Crippen LogP contribution in [0.2, 0.25) is 0 Å². The molecule has 5 rings (SSSR count). The van der Waals surface area contributed by atoms with Crippen LogP contribution in [-0.2, 0) is 62.4 Å². The Bertz CT molecular complexity index is 2360. The first-order valence-electron chi connectivity index (χ1n) is 24.5. The Morgan fingerprint density at radius 2 is 0.958 bits per heavy atom. The summed E-state index contributed by atoms with van der Waals surface area (Å²) in [6.07, 6.45) is 1.81. The molecule has 72 heavy (non-hydrogen) atoms. The van der Waals surface area contributed by atoms with E-state index in [9.17, 15) is 53.4 Å². The van der Waals surface area contributed by atoms with Crippen LogP contribution >= 0.6 is 0 Å². The number of amides is 8. The van der Waals surface area contributed by atoms with E-state index in [0.29, 0.717) is 42.5 Å². The lowest BCUT2D eigenvalue weighted by atomic mass is 9.99. The Balaban J connectivity index is 1.28. The second-order valence-corrected chi connectivity index (χ2v) is 18.9. The Kier molecular flexibility index (Phi) is 20.8. The molecular formula is C52H69N9O11. The molecule has 0 radical (unpaired) electrons. The van der Waals surface area contributed by atoms with E-state index in [0.717, 1.165) is 0 Å². The van der Waals surface area contributed by atoms with Crippen LogP contribution in [0.25, 0.3) is 0 Å². The van der Waals surface area contributed by atoms with Crippen LogP contribution < -0.4 is 37.6 Å². The van der Waals surface area contributed by atoms with Crippen molar-refractivity contribution in [2.24, 2.45) is 11.7 Å². The molecule has 8 amide bonds. The van der Waals surface area contributed by atoms with Gasteiger partial charge in [-0.25, -0.2) is 4.79 Å². The summed E-state index contributed by atoms with van der Waals surface area (Å²) in [5.41, 5.74) is 7.80. The van der Waals surface area contributed by atoms with E-state index in [1.165, 1.54) is 23.6 Å². The number of carboxylic acid groups (broad SMARTS) is 1. The van der Waals surface area contributed by atoms with Crippen molar-refractivity contribution >= 4 is 53.2 Å². The molecule has 10 N–H and O–H groups in total. The SMILES string of the molecule is CC(C)CC(NC(=O)C(Cc1ccccc1)NC(=O)C(Cc1ccccc1)NC(=O)C(C)NC(=O)C(CO)NC(=O)C1CCCN1C(=O)C1CCCN1C(=O)C(C)N)C(=O)NC(Cc1ccccc1)C(=O)O. The zero-order chi connectivity index (χ0) is 52.5. The van der Waals surface area contributed by atoms with Crippen molar-refractivity contribution in [2.75, 3.05) is 19.7 Å². The van der Waals surface area contributed by atoms with Gasteiger partial charge in [0.05, 0.1) is 12.6 Å². The monoisotopic (exact) mass is 996 g/mol. The van der Waals surface area contributed by atoms with Gasteiger partial charge in [0, 0.05) is 32.4 Å². The smallest absolute Gasteiger partial charge is 0.326 e. The van der Waals surface area contributed by atoms with Gasteiger partial charge in [0.1, 0.15) is 48.3 Å². The second kappa shape index (κ2) is 26.9. The average molecular weight is 996 g/mol. The lowest BCUT2D eigenvalue weighted by Crippen LogP contribution is -2.60. The third-order valence-electron chi connectivity index (χ3n) is 12.7. The molecule has 0 aliphatic carbocycles. The zero-order valence-corrected chi connectivity index (χ0v) is 41.3. The van der Waals surface area contributed by atoms with Gasteiger partial charge in [-0.3, -0.25) is 38.4 Å². The van der Waals surface area contributed by atoms with Crippen molar-refractivity contribution in [3.63, 3.8) is 0 Å². The summed E-state index contributed by atoms with van der Waals surface area (Å²) in [5.74, 6) is -6.85. The molecule has 0 saturated carbocycles. The Hall–Kier alpha value is -7.19. The summed E-state index contributed by atoms with van der Waals surface area (Å²) in [6.45, 7) is 6.30. The first kappa shape index (κ1) is 55.7. The number of aliphatic hydroxyl groups is 1. The maximum absolute atomic E-state index is 14.4. The van der Waals surface area contributed by atoms with Gasteiger partial charge >= 0.3 is 5.97 Å². The van der Waals surface area contributed by atoms with Gasteiger partial charge in [-0.15, -0.1) is 0 Å². The van der Waals surface area contributed by atoms with Crippen LogP contribution in [0.5, 0.6) is 0 Å². The number of nitrogens with zero attached hydrogens (tertiary/aromatic N) is 2. The number of nitrogens with two attached hydrogens (primary N) is 1. The number of aliphatic hydroxyl groups excluding tert-OH is 1. The van der Waals surface area contributed by atoms with Crippen LogP contribution in [0.4, 0.5) is 0 Å². The molecule has 3 aromatic rings. The van der Waals surface area contributed by atoms with Gasteiger partial charge in [0.2, 0.25) is 47.3 Å². The molecule has 0 spiro atoms. The molecule has 2 aliphatic heterocycles. The molecule has 9 unspecified atom stereocenters. The van der Waals surface area contributed by atoms with Crippen LogP contribution in [0.15, 0.2) is 91.0 Å². The number of benzene rings is 3. The number of carboxylic acids is 1. The summed E-state index contributed by atoms with van der Waals surface area (Å²) in [5, 5.41) is 36.0. The van der Waals surface area contributed by atoms with E-state index in [-0.39, 0.29) is 50.5 Å². The second-order valence-electron chi connectivity index (χ2n) is 18.9. The molecule has 20 heteroatoms. The van der Waals surface area contributed by atoms with Gasteiger partial charge in [0.15, 0.2) is 0 Å². The fourth-order valence-corrected chi connectivity index (χ4v) is 8.87. The van der Waals surface area contributed by atoms with E-state index in [4.69, 9.17) is 5.73 Å². The zero-order valence-electron chi connectivity index (χ0n) is 41.3. The predicted octanol–water partition coefficient (Wildman–Crippen LogP) is 0.0954. The number of nitrogens with one attached hydrogen (secondary N) is 6. The Morgan fingerprint density at radius 3 is 1.43 bits per heavy atom. The standard InChI is InChI=1S/C52H69N9O11/c1-31(2)26-37(45(64)58-40(52(71)72)29-36-20-12-7-13-21-36)56-47(66)39(28-35-18-10-6-11-19-35)57-46(65)38(27-34-16-8-5-9-17-34)55-44(63)33(4)54-48(67)41(30-62)59-49(68)42-22-14-24-60(42)51(70)43-23-15-25-61(43)50(69)32(3)53/h5-13,16-21,31-33,37-43,62H,14-15,22-30,53H2,1-4H3,(H,54,67)(H,55,63)(H,56,66)(H,57,65)(H,58,64)(H,59,68)(H,71,72). The number of carbonyl (C=O) groups excluding carboxylic acids is 8. The lowest BCUT2D eigenvalue weighted by Gasteiger charge is -2.32. The molecule has 388 valence electrons. The minimum Gasteiger partial charge on any atom is -0.480 e. The average Bonchev–Trinajstić information content (AvgIpc) is 4.06. The highest BCUT2D eigenvalue weighted by Gasteiger charge is 2.43. The number of hydrogen-bond donors (Lipinski definition) is 9. The number of hydrogen-bond acceptors (Lipinski definition) is 11. The molecule has 9 atom stereocenters. The topological polar surface area (TPSA) is 299 Å². The summed E-state index contributed by atoms with van der Waals surface area (Å²) in [6, 6.07) is 15.7. The molecule has 2 fully saturated rings. The number of likely N-dealkylation sites (tertiary alicyclic amines) is 2. The third-order valence-corrected chi connectivity index (χ3v) is 12.7. The van der Waals surface area contributed by atoms with Gasteiger partial charge in [-0.05, 0) is 68.6 Å². The first-order chi connectivity index (χ1) is 34.4. The fraction of sp³-hybridized carbons (Fsp3) is 0.481.